The van der Waals surface area contributed by atoms with Crippen molar-refractivity contribution in [2.75, 3.05) is 6.26 Å². The molecule has 1 nitrogen and oxygen atoms in total. The molecule has 0 heterocycles. The second-order valence-corrected chi connectivity index (χ2v) is 2.90. The maximum atomic E-state index is 4.93. The summed E-state index contributed by atoms with van der Waals surface area (Å²) in [5, 5.41) is 0. The lowest BCUT2D eigenvalue weighted by molar-refractivity contribution is 0.660. The molecule has 0 N–H and O–H groups in total. The summed E-state index contributed by atoms with van der Waals surface area (Å²) in [6, 6.07) is 7.86. The van der Waals surface area contributed by atoms with Crippen LogP contribution in [0.1, 0.15) is 0 Å². The monoisotopic (exact) mass is 218 g/mol. The Morgan fingerprint density at radius 3 is 2.60 bits per heavy atom. The van der Waals surface area contributed by atoms with Gasteiger partial charge in [0.25, 0.3) is 0 Å². The average molecular weight is 219 g/mol. The zero-order valence-corrected chi connectivity index (χ0v) is 7.91. The highest BCUT2D eigenvalue weighted by atomic mass is 79.9. The van der Waals surface area contributed by atoms with Gasteiger partial charge in [0.2, 0.25) is 0 Å². The van der Waals surface area contributed by atoms with Gasteiger partial charge in [-0.3, -0.25) is 0 Å². The summed E-state index contributed by atoms with van der Waals surface area (Å²) < 4.78 is 4.93. The zero-order valence-electron chi connectivity index (χ0n) is 5.50. The van der Waals surface area contributed by atoms with Gasteiger partial charge in [0.15, 0.2) is 16.3 Å². The third-order valence-corrected chi connectivity index (χ3v) is 2.28. The van der Waals surface area contributed by atoms with Gasteiger partial charge in [-0.2, -0.15) is 0 Å². The number of benzene rings is 1. The molecular formula is C7H7BrOS. The first-order chi connectivity index (χ1) is 4.88. The summed E-state index contributed by atoms with van der Waals surface area (Å²) in [5.74, 6) is 0.870. The summed E-state index contributed by atoms with van der Waals surface area (Å²) >= 11 is 4.60. The van der Waals surface area contributed by atoms with Gasteiger partial charge in [-0.1, -0.05) is 12.1 Å². The molecule has 1 aromatic carbocycles. The van der Waals surface area contributed by atoms with Crippen LogP contribution in [0.25, 0.3) is 0 Å². The third kappa shape index (κ3) is 1.67. The number of rotatable bonds is 2. The Hall–Kier alpha value is -0.150. The van der Waals surface area contributed by atoms with E-state index in [-0.39, 0.29) is 0 Å². The topological polar surface area (TPSA) is 9.23 Å². The molecule has 0 amide bonds. The number of hydrogen-bond donors (Lipinski definition) is 0. The molecule has 0 aliphatic rings. The minimum atomic E-state index is 0.870. The molecule has 0 radical (unpaired) electrons. The second kappa shape index (κ2) is 3.88. The lowest BCUT2D eigenvalue weighted by Gasteiger charge is -2.00. The number of halogens is 1. The summed E-state index contributed by atoms with van der Waals surface area (Å²) in [6.45, 7) is 0. The van der Waals surface area contributed by atoms with E-state index in [1.165, 1.54) is 0 Å². The molecule has 0 aromatic heterocycles. The Labute approximate surface area is 73.2 Å². The number of para-hydroxylation sites is 1. The van der Waals surface area contributed by atoms with Crippen molar-refractivity contribution in [1.29, 1.82) is 0 Å². The van der Waals surface area contributed by atoms with Crippen molar-refractivity contribution in [2.45, 2.75) is 4.90 Å². The molecular weight excluding hydrogens is 212 g/mol. The van der Waals surface area contributed by atoms with Crippen molar-refractivity contribution in [3.05, 3.63) is 24.3 Å². The van der Waals surface area contributed by atoms with Gasteiger partial charge < -0.3 is 3.83 Å². The van der Waals surface area contributed by atoms with Gasteiger partial charge in [0.05, 0.1) is 4.90 Å². The van der Waals surface area contributed by atoms with Crippen LogP contribution in [0.4, 0.5) is 0 Å². The fourth-order valence-corrected chi connectivity index (χ4v) is 1.60. The first-order valence-electron chi connectivity index (χ1n) is 2.80. The van der Waals surface area contributed by atoms with Crippen molar-refractivity contribution in [3.63, 3.8) is 0 Å². The van der Waals surface area contributed by atoms with Crippen LogP contribution in [0.2, 0.25) is 0 Å². The largest absolute Gasteiger partial charge is 0.417 e. The Kier molecular flexibility index (Phi) is 3.09. The van der Waals surface area contributed by atoms with Crippen LogP contribution in [0.15, 0.2) is 29.2 Å². The Morgan fingerprint density at radius 2 is 2.10 bits per heavy atom. The van der Waals surface area contributed by atoms with E-state index in [1.807, 2.05) is 30.5 Å². The van der Waals surface area contributed by atoms with Crippen LogP contribution in [0, 0.1) is 0 Å². The smallest absolute Gasteiger partial charge is 0.179 e. The molecule has 0 aliphatic heterocycles. The van der Waals surface area contributed by atoms with E-state index in [2.05, 4.69) is 16.3 Å². The predicted molar refractivity (Wildman–Crippen MR) is 47.8 cm³/mol. The van der Waals surface area contributed by atoms with Crippen LogP contribution in [-0.2, 0) is 0 Å². The summed E-state index contributed by atoms with van der Waals surface area (Å²) in [7, 11) is 0. The lowest BCUT2D eigenvalue weighted by Crippen LogP contribution is -1.76. The molecule has 0 spiro atoms. The van der Waals surface area contributed by atoms with Crippen molar-refractivity contribution >= 4 is 28.0 Å². The van der Waals surface area contributed by atoms with Crippen molar-refractivity contribution in [2.24, 2.45) is 0 Å². The Morgan fingerprint density at radius 1 is 1.40 bits per heavy atom. The highest BCUT2D eigenvalue weighted by Gasteiger charge is 1.97. The first-order valence-corrected chi connectivity index (χ1v) is 4.67. The fraction of sp³-hybridized carbons (Fsp3) is 0.143. The van der Waals surface area contributed by atoms with E-state index in [0.717, 1.165) is 10.6 Å². The van der Waals surface area contributed by atoms with Gasteiger partial charge in [-0.15, -0.1) is 11.8 Å². The molecule has 3 heteroatoms. The van der Waals surface area contributed by atoms with Gasteiger partial charge in [0, 0.05) is 0 Å². The standard InChI is InChI=1S/C7H7BrOS/c1-10-7-5-3-2-4-6(7)9-8/h2-5H,1H3. The predicted octanol–water partition coefficient (Wildman–Crippen LogP) is 3.10. The zero-order chi connectivity index (χ0) is 7.40. The molecule has 0 fully saturated rings. The first kappa shape index (κ1) is 7.95. The van der Waals surface area contributed by atoms with E-state index in [1.54, 1.807) is 11.8 Å². The molecule has 0 aliphatic carbocycles. The summed E-state index contributed by atoms with van der Waals surface area (Å²) in [6.07, 6.45) is 2.02. The van der Waals surface area contributed by atoms with Crippen LogP contribution in [0.5, 0.6) is 5.75 Å². The van der Waals surface area contributed by atoms with Crippen LogP contribution < -0.4 is 3.83 Å². The molecule has 0 atom stereocenters. The molecule has 0 bridgehead atoms. The minimum absolute atomic E-state index is 0.870. The molecule has 10 heavy (non-hydrogen) atoms. The van der Waals surface area contributed by atoms with Gasteiger partial charge in [-0.25, -0.2) is 0 Å². The van der Waals surface area contributed by atoms with Gasteiger partial charge in [-0.05, 0) is 18.4 Å². The highest BCUT2D eigenvalue weighted by molar-refractivity contribution is 9.06. The maximum absolute atomic E-state index is 4.93. The van der Waals surface area contributed by atoms with E-state index in [9.17, 15) is 0 Å². The molecule has 0 saturated heterocycles. The van der Waals surface area contributed by atoms with Crippen molar-refractivity contribution < 1.29 is 3.83 Å². The highest BCUT2D eigenvalue weighted by Crippen LogP contribution is 2.27. The normalized spacial score (nSPS) is 9.40. The van der Waals surface area contributed by atoms with Crippen molar-refractivity contribution in [3.8, 4) is 5.75 Å². The Bertz CT molecular complexity index is 192. The molecule has 0 unspecified atom stereocenters. The van der Waals surface area contributed by atoms with E-state index in [0.29, 0.717) is 0 Å². The van der Waals surface area contributed by atoms with Crippen LogP contribution in [0.3, 0.4) is 0 Å². The summed E-state index contributed by atoms with van der Waals surface area (Å²) in [5.41, 5.74) is 0. The van der Waals surface area contributed by atoms with E-state index < -0.39 is 0 Å². The fourth-order valence-electron chi connectivity index (χ4n) is 0.683. The van der Waals surface area contributed by atoms with E-state index in [4.69, 9.17) is 3.83 Å². The van der Waals surface area contributed by atoms with Crippen molar-refractivity contribution in [1.82, 2.24) is 0 Å². The molecule has 54 valence electrons. The second-order valence-electron chi connectivity index (χ2n) is 1.73. The average Bonchev–Trinajstić information content (AvgIpc) is 2.04. The van der Waals surface area contributed by atoms with Crippen LogP contribution >= 0.6 is 28.0 Å². The minimum Gasteiger partial charge on any atom is -0.417 e. The maximum Gasteiger partial charge on any atom is 0.179 e. The SMILES string of the molecule is CSc1ccccc1OBr. The molecule has 1 aromatic rings. The third-order valence-electron chi connectivity index (χ3n) is 1.15. The van der Waals surface area contributed by atoms with Crippen LogP contribution in [-0.4, -0.2) is 6.26 Å². The lowest BCUT2D eigenvalue weighted by atomic mass is 10.3. The molecule has 1 rings (SSSR count). The molecule has 0 saturated carbocycles. The Balaban J connectivity index is 2.96. The summed E-state index contributed by atoms with van der Waals surface area (Å²) in [4.78, 5) is 1.14. The van der Waals surface area contributed by atoms with Gasteiger partial charge in [0.1, 0.15) is 5.75 Å². The van der Waals surface area contributed by atoms with E-state index >= 15 is 0 Å². The van der Waals surface area contributed by atoms with Gasteiger partial charge >= 0.3 is 0 Å². The number of thioether (sulfide) groups is 1. The quantitative estimate of drug-likeness (QED) is 0.707. The number of hydrogen-bond acceptors (Lipinski definition) is 2.